The first-order chi connectivity index (χ1) is 9.77. The van der Waals surface area contributed by atoms with Gasteiger partial charge in [0.05, 0.1) is 10.0 Å². The summed E-state index contributed by atoms with van der Waals surface area (Å²) >= 11 is 12.8. The van der Waals surface area contributed by atoms with Gasteiger partial charge in [-0.25, -0.2) is 0 Å². The standard InChI is InChI=1S/C16H22Cl2N2/c17-14-7-3-6-13(15(14)18)16(12-4-1-2-5-12)20-10-8-19-9-11-20/h3,6-7,12,16,19H,1-2,4-5,8-11H2/t16-/m0/s1. The molecule has 1 aromatic carbocycles. The molecule has 1 saturated carbocycles. The summed E-state index contributed by atoms with van der Waals surface area (Å²) in [6.07, 6.45) is 5.34. The van der Waals surface area contributed by atoms with Gasteiger partial charge in [-0.3, -0.25) is 4.90 Å². The highest BCUT2D eigenvalue weighted by molar-refractivity contribution is 6.42. The van der Waals surface area contributed by atoms with Crippen molar-refractivity contribution in [2.45, 2.75) is 31.7 Å². The first-order valence-electron chi connectivity index (χ1n) is 7.66. The molecule has 2 aliphatic rings. The molecule has 0 spiro atoms. The second kappa shape index (κ2) is 6.65. The molecule has 0 radical (unpaired) electrons. The largest absolute Gasteiger partial charge is 0.314 e. The Bertz CT molecular complexity index is 452. The molecule has 3 rings (SSSR count). The Balaban J connectivity index is 1.93. The third kappa shape index (κ3) is 2.99. The van der Waals surface area contributed by atoms with E-state index in [2.05, 4.69) is 16.3 Å². The third-order valence-electron chi connectivity index (χ3n) is 4.69. The Morgan fingerprint density at radius 1 is 1.10 bits per heavy atom. The highest BCUT2D eigenvalue weighted by Gasteiger charge is 2.33. The summed E-state index contributed by atoms with van der Waals surface area (Å²) < 4.78 is 0. The van der Waals surface area contributed by atoms with Crippen LogP contribution in [0.1, 0.15) is 37.3 Å². The van der Waals surface area contributed by atoms with Gasteiger partial charge in [-0.2, -0.15) is 0 Å². The van der Waals surface area contributed by atoms with Crippen LogP contribution in [0.4, 0.5) is 0 Å². The maximum absolute atomic E-state index is 6.51. The van der Waals surface area contributed by atoms with Gasteiger partial charge < -0.3 is 5.32 Å². The SMILES string of the molecule is Clc1cccc([C@H](C2CCCC2)N2CCNCC2)c1Cl. The molecular weight excluding hydrogens is 291 g/mol. The molecule has 0 bridgehead atoms. The molecule has 0 unspecified atom stereocenters. The van der Waals surface area contributed by atoms with Crippen LogP contribution in [0.5, 0.6) is 0 Å². The first-order valence-corrected chi connectivity index (χ1v) is 8.41. The number of benzene rings is 1. The maximum atomic E-state index is 6.51. The number of hydrogen-bond acceptors (Lipinski definition) is 2. The lowest BCUT2D eigenvalue weighted by Crippen LogP contribution is -2.46. The Morgan fingerprint density at radius 3 is 2.50 bits per heavy atom. The van der Waals surface area contributed by atoms with Gasteiger partial charge in [0.15, 0.2) is 0 Å². The second-order valence-electron chi connectivity index (χ2n) is 5.92. The number of nitrogens with zero attached hydrogens (tertiary/aromatic N) is 1. The number of piperazine rings is 1. The van der Waals surface area contributed by atoms with E-state index in [1.165, 1.54) is 31.2 Å². The molecule has 1 N–H and O–H groups in total. The molecule has 2 nitrogen and oxygen atoms in total. The molecule has 110 valence electrons. The molecule has 0 aromatic heterocycles. The van der Waals surface area contributed by atoms with E-state index in [4.69, 9.17) is 23.2 Å². The molecule has 0 amide bonds. The van der Waals surface area contributed by atoms with E-state index in [0.717, 1.165) is 37.1 Å². The monoisotopic (exact) mass is 312 g/mol. The van der Waals surface area contributed by atoms with Crippen LogP contribution < -0.4 is 5.32 Å². The molecule has 1 aliphatic carbocycles. The minimum Gasteiger partial charge on any atom is -0.314 e. The van der Waals surface area contributed by atoms with Crippen LogP contribution in [0, 0.1) is 5.92 Å². The van der Waals surface area contributed by atoms with E-state index in [1.807, 2.05) is 12.1 Å². The molecule has 1 atom stereocenters. The number of nitrogens with one attached hydrogen (secondary N) is 1. The lowest BCUT2D eigenvalue weighted by Gasteiger charge is -2.39. The zero-order valence-electron chi connectivity index (χ0n) is 11.7. The Kier molecular flexibility index (Phi) is 4.87. The number of hydrogen-bond donors (Lipinski definition) is 1. The van der Waals surface area contributed by atoms with Gasteiger partial charge in [0.2, 0.25) is 0 Å². The molecular formula is C16H22Cl2N2. The van der Waals surface area contributed by atoms with Crippen molar-refractivity contribution >= 4 is 23.2 Å². The smallest absolute Gasteiger partial charge is 0.0640 e. The number of rotatable bonds is 3. The van der Waals surface area contributed by atoms with Gasteiger partial charge in [-0.1, -0.05) is 48.2 Å². The highest BCUT2D eigenvalue weighted by atomic mass is 35.5. The van der Waals surface area contributed by atoms with Crippen molar-refractivity contribution in [1.29, 1.82) is 0 Å². The maximum Gasteiger partial charge on any atom is 0.0640 e. The fourth-order valence-corrected chi connectivity index (χ4v) is 4.15. The fraction of sp³-hybridized carbons (Fsp3) is 0.625. The molecule has 1 saturated heterocycles. The van der Waals surface area contributed by atoms with Crippen molar-refractivity contribution in [3.63, 3.8) is 0 Å². The van der Waals surface area contributed by atoms with Crippen LogP contribution in [0.25, 0.3) is 0 Å². The van der Waals surface area contributed by atoms with Crippen molar-refractivity contribution in [3.05, 3.63) is 33.8 Å². The average molecular weight is 313 g/mol. The van der Waals surface area contributed by atoms with Crippen molar-refractivity contribution in [2.75, 3.05) is 26.2 Å². The summed E-state index contributed by atoms with van der Waals surface area (Å²) in [6.45, 7) is 4.34. The predicted octanol–water partition coefficient (Wildman–Crippen LogP) is 4.13. The van der Waals surface area contributed by atoms with E-state index >= 15 is 0 Å². The van der Waals surface area contributed by atoms with Gasteiger partial charge in [-0.15, -0.1) is 0 Å². The Labute approximate surface area is 131 Å². The van der Waals surface area contributed by atoms with Crippen LogP contribution in [-0.4, -0.2) is 31.1 Å². The van der Waals surface area contributed by atoms with E-state index in [1.54, 1.807) is 0 Å². The van der Waals surface area contributed by atoms with Crippen LogP contribution in [0.3, 0.4) is 0 Å². The first kappa shape index (κ1) is 14.6. The Morgan fingerprint density at radius 2 is 1.80 bits per heavy atom. The molecule has 1 aromatic rings. The van der Waals surface area contributed by atoms with E-state index < -0.39 is 0 Å². The van der Waals surface area contributed by atoms with Crippen LogP contribution >= 0.6 is 23.2 Å². The molecule has 20 heavy (non-hydrogen) atoms. The van der Waals surface area contributed by atoms with Crippen molar-refractivity contribution < 1.29 is 0 Å². The van der Waals surface area contributed by atoms with Crippen LogP contribution in [0.15, 0.2) is 18.2 Å². The summed E-state index contributed by atoms with van der Waals surface area (Å²) in [6, 6.07) is 6.52. The van der Waals surface area contributed by atoms with Gasteiger partial charge in [0, 0.05) is 32.2 Å². The van der Waals surface area contributed by atoms with Crippen LogP contribution in [0.2, 0.25) is 10.0 Å². The molecule has 1 heterocycles. The van der Waals surface area contributed by atoms with Crippen molar-refractivity contribution in [3.8, 4) is 0 Å². The second-order valence-corrected chi connectivity index (χ2v) is 6.70. The molecule has 1 aliphatic heterocycles. The minimum absolute atomic E-state index is 0.436. The van der Waals surface area contributed by atoms with Gasteiger partial charge in [0.1, 0.15) is 0 Å². The van der Waals surface area contributed by atoms with Gasteiger partial charge in [0.25, 0.3) is 0 Å². The lowest BCUT2D eigenvalue weighted by molar-refractivity contribution is 0.125. The summed E-state index contributed by atoms with van der Waals surface area (Å²) in [5, 5.41) is 4.87. The predicted molar refractivity (Wildman–Crippen MR) is 85.6 cm³/mol. The van der Waals surface area contributed by atoms with Crippen molar-refractivity contribution in [2.24, 2.45) is 5.92 Å². The fourth-order valence-electron chi connectivity index (χ4n) is 3.73. The van der Waals surface area contributed by atoms with E-state index in [9.17, 15) is 0 Å². The number of halogens is 2. The van der Waals surface area contributed by atoms with Gasteiger partial charge >= 0.3 is 0 Å². The summed E-state index contributed by atoms with van der Waals surface area (Å²) in [5.41, 5.74) is 1.23. The molecule has 2 fully saturated rings. The summed E-state index contributed by atoms with van der Waals surface area (Å²) in [7, 11) is 0. The quantitative estimate of drug-likeness (QED) is 0.902. The van der Waals surface area contributed by atoms with E-state index in [-0.39, 0.29) is 0 Å². The third-order valence-corrected chi connectivity index (χ3v) is 5.52. The lowest BCUT2D eigenvalue weighted by atomic mass is 9.89. The average Bonchev–Trinajstić information content (AvgIpc) is 2.99. The highest BCUT2D eigenvalue weighted by Crippen LogP contribution is 2.43. The summed E-state index contributed by atoms with van der Waals surface area (Å²) in [5.74, 6) is 0.726. The Hall–Kier alpha value is -0.280. The normalized spacial score (nSPS) is 23.1. The topological polar surface area (TPSA) is 15.3 Å². The van der Waals surface area contributed by atoms with Crippen molar-refractivity contribution in [1.82, 2.24) is 10.2 Å². The van der Waals surface area contributed by atoms with E-state index in [0.29, 0.717) is 11.1 Å². The van der Waals surface area contributed by atoms with Gasteiger partial charge in [-0.05, 0) is 30.4 Å². The zero-order chi connectivity index (χ0) is 13.9. The summed E-state index contributed by atoms with van der Waals surface area (Å²) in [4.78, 5) is 2.60. The van der Waals surface area contributed by atoms with Crippen LogP contribution in [-0.2, 0) is 0 Å². The molecule has 4 heteroatoms. The zero-order valence-corrected chi connectivity index (χ0v) is 13.3. The minimum atomic E-state index is 0.436.